The highest BCUT2D eigenvalue weighted by Crippen LogP contribution is 2.07. The second-order valence-corrected chi connectivity index (χ2v) is 5.01. The zero-order chi connectivity index (χ0) is 14.3. The van der Waals surface area contributed by atoms with Crippen LogP contribution in [0.15, 0.2) is 0 Å². The minimum absolute atomic E-state index is 0. The Hall–Kier alpha value is -0.560. The van der Waals surface area contributed by atoms with Gasteiger partial charge in [0.2, 0.25) is 11.8 Å². The van der Waals surface area contributed by atoms with Crippen molar-refractivity contribution in [2.75, 3.05) is 52.9 Å². The molecule has 0 radical (unpaired) electrons. The molecule has 2 N–H and O–H groups in total. The van der Waals surface area contributed by atoms with E-state index in [9.17, 15) is 9.59 Å². The number of halogens is 2. The minimum Gasteiger partial charge on any atom is -0.355 e. The van der Waals surface area contributed by atoms with Crippen LogP contribution < -0.4 is 10.6 Å². The fraction of sp³-hybridized carbons (Fsp3) is 0.846. The molecule has 0 spiro atoms. The Balaban J connectivity index is 0. The number of hydrogen-bond donors (Lipinski definition) is 2. The van der Waals surface area contributed by atoms with Crippen LogP contribution in [0, 0.1) is 5.92 Å². The molecule has 0 saturated carbocycles. The monoisotopic (exact) mass is 342 g/mol. The average Bonchev–Trinajstić information content (AvgIpc) is 2.39. The molecule has 1 aliphatic rings. The van der Waals surface area contributed by atoms with E-state index in [4.69, 9.17) is 0 Å². The molecule has 126 valence electrons. The van der Waals surface area contributed by atoms with Gasteiger partial charge < -0.3 is 15.5 Å². The van der Waals surface area contributed by atoms with Crippen molar-refractivity contribution in [3.05, 3.63) is 0 Å². The molecule has 1 saturated heterocycles. The number of piperazine rings is 1. The van der Waals surface area contributed by atoms with Gasteiger partial charge in [0.1, 0.15) is 0 Å². The van der Waals surface area contributed by atoms with Gasteiger partial charge in [-0.2, -0.15) is 0 Å². The highest BCUT2D eigenvalue weighted by atomic mass is 35.5. The van der Waals surface area contributed by atoms with E-state index >= 15 is 0 Å². The Labute approximate surface area is 139 Å². The Kier molecular flexibility index (Phi) is 13.0. The highest BCUT2D eigenvalue weighted by Gasteiger charge is 2.25. The lowest BCUT2D eigenvalue weighted by molar-refractivity contribution is -0.136. The molecule has 1 rings (SSSR count). The van der Waals surface area contributed by atoms with E-state index in [0.717, 1.165) is 13.1 Å². The lowest BCUT2D eigenvalue weighted by Gasteiger charge is -2.35. The standard InChI is InChI=1S/C13H26N4O2.2ClH/c1-4-15-12(18)10-16-5-7-17(8-6-16)13(19)11(2)9-14-3;;/h11,14H,4-10H2,1-3H3,(H,15,18);2*1H. The Morgan fingerprint density at radius 1 is 1.14 bits per heavy atom. The molecule has 0 aromatic heterocycles. The van der Waals surface area contributed by atoms with Crippen molar-refractivity contribution in [1.29, 1.82) is 0 Å². The average molecular weight is 343 g/mol. The van der Waals surface area contributed by atoms with Crippen molar-refractivity contribution in [3.63, 3.8) is 0 Å². The van der Waals surface area contributed by atoms with Crippen molar-refractivity contribution in [1.82, 2.24) is 20.4 Å². The summed E-state index contributed by atoms with van der Waals surface area (Å²) in [5.74, 6) is 0.276. The number of nitrogens with zero attached hydrogens (tertiary/aromatic N) is 2. The maximum absolute atomic E-state index is 12.1. The number of likely N-dealkylation sites (N-methyl/N-ethyl adjacent to an activating group) is 1. The van der Waals surface area contributed by atoms with Crippen molar-refractivity contribution in [2.45, 2.75) is 13.8 Å². The summed E-state index contributed by atoms with van der Waals surface area (Å²) in [6, 6.07) is 0. The Morgan fingerprint density at radius 2 is 1.71 bits per heavy atom. The molecule has 0 bridgehead atoms. The Morgan fingerprint density at radius 3 is 2.19 bits per heavy atom. The van der Waals surface area contributed by atoms with Crippen molar-refractivity contribution in [3.8, 4) is 0 Å². The molecule has 1 atom stereocenters. The quantitative estimate of drug-likeness (QED) is 0.711. The molecule has 21 heavy (non-hydrogen) atoms. The van der Waals surface area contributed by atoms with Crippen LogP contribution in [0.25, 0.3) is 0 Å². The van der Waals surface area contributed by atoms with Gasteiger partial charge in [-0.05, 0) is 14.0 Å². The van der Waals surface area contributed by atoms with Crippen molar-refractivity contribution >= 4 is 36.6 Å². The molecule has 1 fully saturated rings. The third-order valence-corrected chi connectivity index (χ3v) is 3.36. The third kappa shape index (κ3) is 7.85. The third-order valence-electron chi connectivity index (χ3n) is 3.36. The minimum atomic E-state index is 0. The molecular weight excluding hydrogens is 315 g/mol. The summed E-state index contributed by atoms with van der Waals surface area (Å²) in [5, 5.41) is 5.82. The molecule has 1 unspecified atom stereocenters. The number of amides is 2. The summed E-state index contributed by atoms with van der Waals surface area (Å²) in [4.78, 5) is 27.6. The molecule has 2 amide bonds. The predicted octanol–water partition coefficient (Wildman–Crippen LogP) is -0.0342. The van der Waals surface area contributed by atoms with Gasteiger partial charge in [-0.15, -0.1) is 24.8 Å². The molecule has 0 aromatic rings. The smallest absolute Gasteiger partial charge is 0.234 e. The zero-order valence-corrected chi connectivity index (χ0v) is 14.7. The van der Waals surface area contributed by atoms with E-state index in [0.29, 0.717) is 32.7 Å². The fourth-order valence-corrected chi connectivity index (χ4v) is 2.29. The maximum atomic E-state index is 12.1. The zero-order valence-electron chi connectivity index (χ0n) is 13.1. The van der Waals surface area contributed by atoms with Crippen LogP contribution >= 0.6 is 24.8 Å². The second-order valence-electron chi connectivity index (χ2n) is 5.01. The van der Waals surface area contributed by atoms with Gasteiger partial charge in [-0.3, -0.25) is 14.5 Å². The molecular formula is C13H28Cl2N4O2. The summed E-state index contributed by atoms with van der Waals surface area (Å²) < 4.78 is 0. The summed E-state index contributed by atoms with van der Waals surface area (Å²) in [5.41, 5.74) is 0. The number of rotatable bonds is 6. The normalized spacial score (nSPS) is 16.4. The second kappa shape index (κ2) is 12.0. The topological polar surface area (TPSA) is 64.7 Å². The van der Waals surface area contributed by atoms with Gasteiger partial charge in [-0.1, -0.05) is 6.92 Å². The molecule has 0 aliphatic carbocycles. The summed E-state index contributed by atoms with van der Waals surface area (Å²) in [6.07, 6.45) is 0. The molecule has 1 aliphatic heterocycles. The SMILES string of the molecule is CCNC(=O)CN1CCN(C(=O)C(C)CNC)CC1.Cl.Cl. The predicted molar refractivity (Wildman–Crippen MR) is 89.3 cm³/mol. The van der Waals surface area contributed by atoms with Crippen molar-refractivity contribution < 1.29 is 9.59 Å². The number of hydrogen-bond acceptors (Lipinski definition) is 4. The van der Waals surface area contributed by atoms with Crippen LogP contribution in [-0.2, 0) is 9.59 Å². The van der Waals surface area contributed by atoms with Crippen LogP contribution in [0.1, 0.15) is 13.8 Å². The van der Waals surface area contributed by atoms with E-state index in [1.54, 1.807) is 0 Å². The lowest BCUT2D eigenvalue weighted by atomic mass is 10.1. The number of nitrogens with one attached hydrogen (secondary N) is 2. The maximum Gasteiger partial charge on any atom is 0.234 e. The van der Waals surface area contributed by atoms with Crippen LogP contribution in [0.3, 0.4) is 0 Å². The summed E-state index contributed by atoms with van der Waals surface area (Å²) >= 11 is 0. The first-order valence-electron chi connectivity index (χ1n) is 7.01. The van der Waals surface area contributed by atoms with Gasteiger partial charge in [0.05, 0.1) is 6.54 Å². The van der Waals surface area contributed by atoms with Crippen LogP contribution in [0.2, 0.25) is 0 Å². The first-order valence-corrected chi connectivity index (χ1v) is 7.01. The van der Waals surface area contributed by atoms with E-state index in [1.807, 2.05) is 25.8 Å². The molecule has 8 heteroatoms. The van der Waals surface area contributed by atoms with Gasteiger partial charge in [0.25, 0.3) is 0 Å². The van der Waals surface area contributed by atoms with Gasteiger partial charge in [0.15, 0.2) is 0 Å². The Bertz CT molecular complexity index is 311. The fourth-order valence-electron chi connectivity index (χ4n) is 2.29. The highest BCUT2D eigenvalue weighted by molar-refractivity contribution is 5.85. The van der Waals surface area contributed by atoms with E-state index in [1.165, 1.54) is 0 Å². The van der Waals surface area contributed by atoms with Crippen LogP contribution in [0.5, 0.6) is 0 Å². The van der Waals surface area contributed by atoms with Gasteiger partial charge >= 0.3 is 0 Å². The van der Waals surface area contributed by atoms with E-state index in [2.05, 4.69) is 15.5 Å². The number of carbonyl (C=O) groups excluding carboxylic acids is 2. The molecule has 0 aromatic carbocycles. The molecule has 1 heterocycles. The van der Waals surface area contributed by atoms with Gasteiger partial charge in [-0.25, -0.2) is 0 Å². The molecule has 6 nitrogen and oxygen atoms in total. The number of carbonyl (C=O) groups is 2. The lowest BCUT2D eigenvalue weighted by Crippen LogP contribution is -2.52. The van der Waals surface area contributed by atoms with Crippen LogP contribution in [-0.4, -0.2) is 74.5 Å². The summed E-state index contributed by atoms with van der Waals surface area (Å²) in [6.45, 7) is 8.64. The first-order chi connectivity index (χ1) is 9.08. The summed E-state index contributed by atoms with van der Waals surface area (Å²) in [7, 11) is 1.86. The van der Waals surface area contributed by atoms with Gasteiger partial charge in [0, 0.05) is 45.2 Å². The first kappa shape index (κ1) is 22.7. The van der Waals surface area contributed by atoms with E-state index in [-0.39, 0.29) is 42.5 Å². The van der Waals surface area contributed by atoms with Crippen LogP contribution in [0.4, 0.5) is 0 Å². The van der Waals surface area contributed by atoms with E-state index < -0.39 is 0 Å². The largest absolute Gasteiger partial charge is 0.355 e. The van der Waals surface area contributed by atoms with Crippen molar-refractivity contribution in [2.24, 2.45) is 5.92 Å².